The van der Waals surface area contributed by atoms with E-state index in [4.69, 9.17) is 11.6 Å². The molecule has 1 atom stereocenters. The van der Waals surface area contributed by atoms with Gasteiger partial charge in [0.15, 0.2) is 0 Å². The van der Waals surface area contributed by atoms with Crippen molar-refractivity contribution in [2.75, 3.05) is 6.54 Å². The molecule has 0 radical (unpaired) electrons. The fourth-order valence-corrected chi connectivity index (χ4v) is 3.35. The van der Waals surface area contributed by atoms with Gasteiger partial charge >= 0.3 is 5.97 Å². The third kappa shape index (κ3) is 2.94. The van der Waals surface area contributed by atoms with Crippen LogP contribution in [0.3, 0.4) is 0 Å². The van der Waals surface area contributed by atoms with E-state index in [1.165, 1.54) is 0 Å². The lowest BCUT2D eigenvalue weighted by Gasteiger charge is -2.41. The third-order valence-electron chi connectivity index (χ3n) is 4.54. The van der Waals surface area contributed by atoms with Crippen LogP contribution in [0.2, 0.25) is 5.02 Å². The summed E-state index contributed by atoms with van der Waals surface area (Å²) in [6.07, 6.45) is 3.46. The van der Waals surface area contributed by atoms with Gasteiger partial charge in [-0.15, -0.1) is 0 Å². The normalized spacial score (nSPS) is 23.4. The summed E-state index contributed by atoms with van der Waals surface area (Å²) in [4.78, 5) is 13.7. The van der Waals surface area contributed by atoms with E-state index in [1.807, 2.05) is 30.4 Å². The molecule has 0 aromatic carbocycles. The first kappa shape index (κ1) is 16.3. The van der Waals surface area contributed by atoms with Crippen molar-refractivity contribution in [1.29, 1.82) is 0 Å². The molecular weight excluding hydrogens is 290 g/mol. The topological polar surface area (TPSA) is 58.4 Å². The van der Waals surface area contributed by atoms with E-state index in [0.29, 0.717) is 18.0 Å². The number of rotatable bonds is 5. The molecule has 1 aromatic heterocycles. The maximum absolute atomic E-state index is 11.7. The van der Waals surface area contributed by atoms with Gasteiger partial charge in [-0.25, -0.2) is 0 Å². The number of carbonyl (C=O) groups is 1. The molecule has 6 heteroatoms. The highest BCUT2D eigenvalue weighted by Gasteiger charge is 2.41. The smallest absolute Gasteiger partial charge is 0.323 e. The summed E-state index contributed by atoms with van der Waals surface area (Å²) in [7, 11) is 0. The molecule has 1 aliphatic rings. The highest BCUT2D eigenvalue weighted by atomic mass is 35.5. The Morgan fingerprint density at radius 3 is 2.71 bits per heavy atom. The number of aliphatic carboxylic acids is 1. The zero-order valence-electron chi connectivity index (χ0n) is 13.0. The van der Waals surface area contributed by atoms with E-state index >= 15 is 0 Å². The second-order valence-corrected chi connectivity index (χ2v) is 6.21. The Kier molecular flexibility index (Phi) is 4.94. The standard InChI is InChI=1S/C15H24ClN3O2/c1-4-11-13(16)12(19(5-2)17-11)10-18-9-7-6-8-15(18,3)14(20)21/h4-10H2,1-3H3,(H,20,21). The minimum Gasteiger partial charge on any atom is -0.480 e. The monoisotopic (exact) mass is 313 g/mol. The molecular formula is C15H24ClN3O2. The summed E-state index contributed by atoms with van der Waals surface area (Å²) in [6.45, 7) is 7.94. The molecule has 0 bridgehead atoms. The van der Waals surface area contributed by atoms with Crippen LogP contribution in [0.1, 0.15) is 51.4 Å². The van der Waals surface area contributed by atoms with E-state index in [9.17, 15) is 9.90 Å². The number of carboxylic acids is 1. The molecule has 0 aliphatic carbocycles. The Bertz CT molecular complexity index is 529. The summed E-state index contributed by atoms with van der Waals surface area (Å²) in [5.41, 5.74) is 1.02. The number of piperidine rings is 1. The molecule has 5 nitrogen and oxygen atoms in total. The Balaban J connectivity index is 2.31. The predicted octanol–water partition coefficient (Wildman–Crippen LogP) is 2.95. The van der Waals surface area contributed by atoms with Gasteiger partial charge in [-0.05, 0) is 46.1 Å². The second kappa shape index (κ2) is 6.36. The molecule has 0 amide bonds. The van der Waals surface area contributed by atoms with E-state index in [-0.39, 0.29) is 0 Å². The largest absolute Gasteiger partial charge is 0.480 e. The number of halogens is 1. The summed E-state index contributed by atoms with van der Waals surface area (Å²) in [5, 5.41) is 14.8. The van der Waals surface area contributed by atoms with Crippen molar-refractivity contribution in [2.45, 2.75) is 65.1 Å². The zero-order chi connectivity index (χ0) is 15.6. The molecule has 1 unspecified atom stereocenters. The number of likely N-dealkylation sites (tertiary alicyclic amines) is 1. The van der Waals surface area contributed by atoms with E-state index < -0.39 is 11.5 Å². The van der Waals surface area contributed by atoms with Crippen LogP contribution in [0.4, 0.5) is 0 Å². The van der Waals surface area contributed by atoms with Crippen molar-refractivity contribution >= 4 is 17.6 Å². The Morgan fingerprint density at radius 2 is 2.14 bits per heavy atom. The molecule has 1 fully saturated rings. The Morgan fingerprint density at radius 1 is 1.43 bits per heavy atom. The number of nitrogens with zero attached hydrogens (tertiary/aromatic N) is 3. The zero-order valence-corrected chi connectivity index (χ0v) is 13.8. The van der Waals surface area contributed by atoms with Gasteiger partial charge in [-0.2, -0.15) is 5.10 Å². The maximum atomic E-state index is 11.7. The van der Waals surface area contributed by atoms with Crippen molar-refractivity contribution in [1.82, 2.24) is 14.7 Å². The van der Waals surface area contributed by atoms with Gasteiger partial charge in [-0.1, -0.05) is 18.5 Å². The number of aryl methyl sites for hydroxylation is 2. The molecule has 0 saturated carbocycles. The van der Waals surface area contributed by atoms with Crippen LogP contribution in [0.5, 0.6) is 0 Å². The van der Waals surface area contributed by atoms with Crippen LogP contribution < -0.4 is 0 Å². The van der Waals surface area contributed by atoms with Crippen LogP contribution in [0.25, 0.3) is 0 Å². The molecule has 2 heterocycles. The third-order valence-corrected chi connectivity index (χ3v) is 4.97. The lowest BCUT2D eigenvalue weighted by atomic mass is 9.88. The Hall–Kier alpha value is -1.07. The summed E-state index contributed by atoms with van der Waals surface area (Å²) in [5.74, 6) is -0.753. The lowest BCUT2D eigenvalue weighted by Crippen LogP contribution is -2.54. The molecule has 118 valence electrons. The minimum absolute atomic E-state index is 0.544. The summed E-state index contributed by atoms with van der Waals surface area (Å²) in [6, 6.07) is 0. The van der Waals surface area contributed by atoms with Crippen molar-refractivity contribution in [3.63, 3.8) is 0 Å². The number of carboxylic acid groups (broad SMARTS) is 1. The van der Waals surface area contributed by atoms with Crippen molar-refractivity contribution in [2.24, 2.45) is 0 Å². The predicted molar refractivity (Wildman–Crippen MR) is 82.6 cm³/mol. The minimum atomic E-state index is -0.809. The fraction of sp³-hybridized carbons (Fsp3) is 0.733. The fourth-order valence-electron chi connectivity index (χ4n) is 3.02. The van der Waals surface area contributed by atoms with Gasteiger partial charge in [0.25, 0.3) is 0 Å². The highest BCUT2D eigenvalue weighted by Crippen LogP contribution is 2.32. The molecule has 1 aromatic rings. The van der Waals surface area contributed by atoms with Crippen LogP contribution in [0.15, 0.2) is 0 Å². The average Bonchev–Trinajstić information content (AvgIpc) is 2.77. The summed E-state index contributed by atoms with van der Waals surface area (Å²) < 4.78 is 1.90. The first-order valence-corrected chi connectivity index (χ1v) is 8.04. The maximum Gasteiger partial charge on any atom is 0.323 e. The molecule has 1 aliphatic heterocycles. The highest BCUT2D eigenvalue weighted by molar-refractivity contribution is 6.31. The van der Waals surface area contributed by atoms with Crippen molar-refractivity contribution < 1.29 is 9.90 Å². The van der Waals surface area contributed by atoms with Gasteiger partial charge in [0.1, 0.15) is 5.54 Å². The molecule has 21 heavy (non-hydrogen) atoms. The first-order chi connectivity index (χ1) is 9.93. The van der Waals surface area contributed by atoms with Gasteiger partial charge < -0.3 is 5.11 Å². The van der Waals surface area contributed by atoms with Gasteiger partial charge in [0.2, 0.25) is 0 Å². The average molecular weight is 314 g/mol. The number of aromatic nitrogens is 2. The molecule has 0 spiro atoms. The quantitative estimate of drug-likeness (QED) is 0.908. The van der Waals surface area contributed by atoms with Crippen molar-refractivity contribution in [3.05, 3.63) is 16.4 Å². The van der Waals surface area contributed by atoms with Crippen LogP contribution >= 0.6 is 11.6 Å². The van der Waals surface area contributed by atoms with Crippen LogP contribution in [0, 0.1) is 0 Å². The molecule has 2 rings (SSSR count). The molecule has 1 saturated heterocycles. The second-order valence-electron chi connectivity index (χ2n) is 5.83. The lowest BCUT2D eigenvalue weighted by molar-refractivity contribution is -0.153. The van der Waals surface area contributed by atoms with E-state index in [2.05, 4.69) is 5.10 Å². The number of hydrogen-bond donors (Lipinski definition) is 1. The van der Waals surface area contributed by atoms with Gasteiger partial charge in [-0.3, -0.25) is 14.4 Å². The SMILES string of the molecule is CCc1nn(CC)c(CN2CCCCC2(C)C(=O)O)c1Cl. The van der Waals surface area contributed by atoms with E-state index in [0.717, 1.165) is 43.7 Å². The number of hydrogen-bond acceptors (Lipinski definition) is 3. The van der Waals surface area contributed by atoms with Crippen LogP contribution in [-0.4, -0.2) is 37.8 Å². The molecule has 1 N–H and O–H groups in total. The van der Waals surface area contributed by atoms with Gasteiger partial charge in [0.05, 0.1) is 16.4 Å². The van der Waals surface area contributed by atoms with Gasteiger partial charge in [0, 0.05) is 13.1 Å². The van der Waals surface area contributed by atoms with E-state index in [1.54, 1.807) is 0 Å². The van der Waals surface area contributed by atoms with Crippen LogP contribution in [-0.2, 0) is 24.3 Å². The summed E-state index contributed by atoms with van der Waals surface area (Å²) >= 11 is 6.44. The van der Waals surface area contributed by atoms with Crippen molar-refractivity contribution in [3.8, 4) is 0 Å². The first-order valence-electron chi connectivity index (χ1n) is 7.66. The Labute approximate surface area is 130 Å².